The molecular formula is C22H20N2O2. The van der Waals surface area contributed by atoms with E-state index in [2.05, 4.69) is 5.32 Å². The van der Waals surface area contributed by atoms with Gasteiger partial charge in [0.15, 0.2) is 6.29 Å². The average Bonchev–Trinajstić information content (AvgIpc) is 2.67. The molecule has 0 fully saturated rings. The number of hydrogen-bond donors (Lipinski definition) is 2. The highest BCUT2D eigenvalue weighted by Gasteiger charge is 2.21. The molecule has 0 radical (unpaired) electrons. The van der Waals surface area contributed by atoms with E-state index in [1.54, 1.807) is 12.1 Å². The second kappa shape index (κ2) is 6.73. The molecule has 130 valence electrons. The van der Waals surface area contributed by atoms with E-state index < -0.39 is 0 Å². The lowest BCUT2D eigenvalue weighted by molar-refractivity contribution is 0.102. The summed E-state index contributed by atoms with van der Waals surface area (Å²) in [6, 6.07) is 17.4. The standard InChI is InChI=1S/C22H20N2O2/c23-18-8-9-19-16(12-18)7-10-21(20(19)13-25)24-22(26)17-6-5-14-3-1-2-4-15(14)11-17/h1-7,10-11,13,18H,8-9,12,23H2,(H,24,26)/t18-/m0/s1. The topological polar surface area (TPSA) is 72.2 Å². The molecule has 3 aromatic carbocycles. The van der Waals surface area contributed by atoms with Gasteiger partial charge in [-0.25, -0.2) is 0 Å². The van der Waals surface area contributed by atoms with Gasteiger partial charge in [0, 0.05) is 17.2 Å². The van der Waals surface area contributed by atoms with Gasteiger partial charge in [-0.3, -0.25) is 9.59 Å². The largest absolute Gasteiger partial charge is 0.327 e. The van der Waals surface area contributed by atoms with Crippen molar-refractivity contribution in [3.05, 3.63) is 76.9 Å². The van der Waals surface area contributed by atoms with E-state index >= 15 is 0 Å². The second-order valence-electron chi connectivity index (χ2n) is 6.80. The van der Waals surface area contributed by atoms with Crippen molar-refractivity contribution in [3.8, 4) is 0 Å². The summed E-state index contributed by atoms with van der Waals surface area (Å²) in [5.41, 5.74) is 9.85. The van der Waals surface area contributed by atoms with E-state index in [1.165, 1.54) is 0 Å². The first kappa shape index (κ1) is 16.5. The molecule has 0 saturated heterocycles. The number of nitrogens with two attached hydrogens (primary N) is 1. The van der Waals surface area contributed by atoms with E-state index in [1.807, 2.05) is 42.5 Å². The highest BCUT2D eigenvalue weighted by atomic mass is 16.1. The van der Waals surface area contributed by atoms with Crippen molar-refractivity contribution >= 4 is 28.7 Å². The van der Waals surface area contributed by atoms with Crippen molar-refractivity contribution in [2.24, 2.45) is 5.73 Å². The van der Waals surface area contributed by atoms with Crippen molar-refractivity contribution in [2.75, 3.05) is 5.32 Å². The molecule has 1 aliphatic rings. The number of aldehydes is 1. The fraction of sp³-hybridized carbons (Fsp3) is 0.182. The number of benzene rings is 3. The number of rotatable bonds is 3. The van der Waals surface area contributed by atoms with Crippen LogP contribution in [0.2, 0.25) is 0 Å². The quantitative estimate of drug-likeness (QED) is 0.711. The van der Waals surface area contributed by atoms with Crippen LogP contribution >= 0.6 is 0 Å². The third kappa shape index (κ3) is 3.00. The van der Waals surface area contributed by atoms with Crippen molar-refractivity contribution in [3.63, 3.8) is 0 Å². The Bertz CT molecular complexity index is 1010. The van der Waals surface area contributed by atoms with Crippen LogP contribution in [0.1, 0.15) is 38.3 Å². The van der Waals surface area contributed by atoms with Crippen LogP contribution in [0.3, 0.4) is 0 Å². The predicted octanol–water partition coefficient (Wildman–Crippen LogP) is 3.72. The summed E-state index contributed by atoms with van der Waals surface area (Å²) in [6.07, 6.45) is 3.24. The van der Waals surface area contributed by atoms with Crippen LogP contribution < -0.4 is 11.1 Å². The van der Waals surface area contributed by atoms with Gasteiger partial charge in [-0.1, -0.05) is 36.4 Å². The molecular weight excluding hydrogens is 324 g/mol. The zero-order valence-corrected chi connectivity index (χ0v) is 14.4. The molecule has 4 heteroatoms. The molecule has 1 amide bonds. The van der Waals surface area contributed by atoms with Crippen LogP contribution in [0, 0.1) is 0 Å². The van der Waals surface area contributed by atoms with Gasteiger partial charge in [0.25, 0.3) is 5.91 Å². The van der Waals surface area contributed by atoms with Gasteiger partial charge in [-0.2, -0.15) is 0 Å². The molecule has 1 aliphatic carbocycles. The number of fused-ring (bicyclic) bond motifs is 2. The third-order valence-electron chi connectivity index (χ3n) is 5.08. The first-order valence-corrected chi connectivity index (χ1v) is 8.81. The van der Waals surface area contributed by atoms with E-state index in [-0.39, 0.29) is 11.9 Å². The molecule has 3 aromatic rings. The monoisotopic (exact) mass is 344 g/mol. The number of nitrogens with one attached hydrogen (secondary N) is 1. The molecule has 4 nitrogen and oxygen atoms in total. The van der Waals surface area contributed by atoms with Crippen molar-refractivity contribution in [1.29, 1.82) is 0 Å². The van der Waals surface area contributed by atoms with Gasteiger partial charge in [0.05, 0.1) is 5.69 Å². The third-order valence-corrected chi connectivity index (χ3v) is 5.08. The summed E-state index contributed by atoms with van der Waals surface area (Å²) in [4.78, 5) is 24.4. The number of amides is 1. The van der Waals surface area contributed by atoms with Crippen molar-refractivity contribution in [1.82, 2.24) is 0 Å². The lowest BCUT2D eigenvalue weighted by Crippen LogP contribution is -2.28. The van der Waals surface area contributed by atoms with Crippen molar-refractivity contribution < 1.29 is 9.59 Å². The van der Waals surface area contributed by atoms with Gasteiger partial charge in [-0.05, 0) is 59.4 Å². The van der Waals surface area contributed by atoms with Gasteiger partial charge in [-0.15, -0.1) is 0 Å². The van der Waals surface area contributed by atoms with Crippen LogP contribution in [-0.4, -0.2) is 18.2 Å². The smallest absolute Gasteiger partial charge is 0.255 e. The van der Waals surface area contributed by atoms with Gasteiger partial charge in [0.1, 0.15) is 0 Å². The first-order valence-electron chi connectivity index (χ1n) is 8.81. The molecule has 0 saturated carbocycles. The van der Waals surface area contributed by atoms with E-state index in [4.69, 9.17) is 5.73 Å². The van der Waals surface area contributed by atoms with E-state index in [0.717, 1.165) is 47.4 Å². The van der Waals surface area contributed by atoms with Crippen LogP contribution in [0.4, 0.5) is 5.69 Å². The molecule has 0 aliphatic heterocycles. The summed E-state index contributed by atoms with van der Waals surface area (Å²) in [7, 11) is 0. The Labute approximate surface area is 152 Å². The molecule has 0 bridgehead atoms. The summed E-state index contributed by atoms with van der Waals surface area (Å²) >= 11 is 0. The number of carbonyl (C=O) groups is 2. The average molecular weight is 344 g/mol. The fourth-order valence-electron chi connectivity index (χ4n) is 3.68. The van der Waals surface area contributed by atoms with E-state index in [0.29, 0.717) is 16.8 Å². The molecule has 0 heterocycles. The molecule has 0 spiro atoms. The maximum atomic E-state index is 12.7. The van der Waals surface area contributed by atoms with Gasteiger partial charge < -0.3 is 11.1 Å². The summed E-state index contributed by atoms with van der Waals surface area (Å²) in [5.74, 6) is -0.216. The van der Waals surface area contributed by atoms with Crippen LogP contribution in [0.5, 0.6) is 0 Å². The Balaban J connectivity index is 1.65. The fourth-order valence-corrected chi connectivity index (χ4v) is 3.68. The predicted molar refractivity (Wildman–Crippen MR) is 104 cm³/mol. The summed E-state index contributed by atoms with van der Waals surface area (Å²) < 4.78 is 0. The molecule has 4 rings (SSSR count). The minimum absolute atomic E-state index is 0.139. The highest BCUT2D eigenvalue weighted by molar-refractivity contribution is 6.08. The minimum atomic E-state index is -0.216. The summed E-state index contributed by atoms with van der Waals surface area (Å²) in [6.45, 7) is 0. The van der Waals surface area contributed by atoms with Crippen LogP contribution in [-0.2, 0) is 12.8 Å². The summed E-state index contributed by atoms with van der Waals surface area (Å²) in [5, 5.41) is 5.00. The number of carbonyl (C=O) groups excluding carboxylic acids is 2. The first-order chi connectivity index (χ1) is 12.7. The molecule has 0 aromatic heterocycles. The Morgan fingerprint density at radius 1 is 1.08 bits per heavy atom. The number of hydrogen-bond acceptors (Lipinski definition) is 3. The Hall–Kier alpha value is -2.98. The van der Waals surface area contributed by atoms with Crippen LogP contribution in [0.15, 0.2) is 54.6 Å². The molecule has 26 heavy (non-hydrogen) atoms. The second-order valence-corrected chi connectivity index (χ2v) is 6.80. The highest BCUT2D eigenvalue weighted by Crippen LogP contribution is 2.29. The minimum Gasteiger partial charge on any atom is -0.327 e. The van der Waals surface area contributed by atoms with Crippen LogP contribution in [0.25, 0.3) is 10.8 Å². The maximum Gasteiger partial charge on any atom is 0.255 e. The lowest BCUT2D eigenvalue weighted by Gasteiger charge is -2.24. The zero-order valence-electron chi connectivity index (χ0n) is 14.4. The van der Waals surface area contributed by atoms with Crippen molar-refractivity contribution in [2.45, 2.75) is 25.3 Å². The van der Waals surface area contributed by atoms with Gasteiger partial charge in [0.2, 0.25) is 0 Å². The van der Waals surface area contributed by atoms with E-state index in [9.17, 15) is 9.59 Å². The Morgan fingerprint density at radius 3 is 2.69 bits per heavy atom. The Morgan fingerprint density at radius 2 is 1.88 bits per heavy atom. The SMILES string of the molecule is N[C@H]1CCc2c(ccc(NC(=O)c3ccc4ccccc4c3)c2C=O)C1. The molecule has 0 unspecified atom stereocenters. The molecule has 1 atom stereocenters. The normalized spacial score (nSPS) is 16.1. The lowest BCUT2D eigenvalue weighted by atomic mass is 9.85. The zero-order chi connectivity index (χ0) is 18.1. The molecule has 3 N–H and O–H groups in total. The Kier molecular flexibility index (Phi) is 4.27. The van der Waals surface area contributed by atoms with Gasteiger partial charge >= 0.3 is 0 Å². The number of anilines is 1. The maximum absolute atomic E-state index is 12.7.